The maximum absolute atomic E-state index is 15.2. The second-order valence-corrected chi connectivity index (χ2v) is 14.0. The lowest BCUT2D eigenvalue weighted by Crippen LogP contribution is -2.57. The predicted octanol–water partition coefficient (Wildman–Crippen LogP) is 7.22. The van der Waals surface area contributed by atoms with Crippen LogP contribution in [0, 0.1) is 17.3 Å². The summed E-state index contributed by atoms with van der Waals surface area (Å²) >= 11 is 0. The predicted molar refractivity (Wildman–Crippen MR) is 148 cm³/mol. The van der Waals surface area contributed by atoms with Gasteiger partial charge in [0.15, 0.2) is 14.7 Å². The number of hydrogen-bond acceptors (Lipinski definition) is 3. The zero-order chi connectivity index (χ0) is 27.1. The summed E-state index contributed by atoms with van der Waals surface area (Å²) in [6, 6.07) is 27.9. The SMILES string of the molecule is O=C(OCC12CC3CC(CC(O)(C3)C1)C2)C(F)(F)CCc1ccccc1[S+](c1ccccc1)c1ccccc1. The van der Waals surface area contributed by atoms with Crippen LogP contribution in [0.5, 0.6) is 0 Å². The fraction of sp³-hybridized carbons (Fsp3) is 0.424. The van der Waals surface area contributed by atoms with Crippen molar-refractivity contribution in [2.75, 3.05) is 6.61 Å². The van der Waals surface area contributed by atoms with Crippen molar-refractivity contribution >= 4 is 16.9 Å². The Morgan fingerprint density at radius 1 is 0.872 bits per heavy atom. The molecule has 4 saturated carbocycles. The summed E-state index contributed by atoms with van der Waals surface area (Å²) in [5.41, 5.74) is -0.252. The van der Waals surface area contributed by atoms with E-state index in [1.54, 1.807) is 0 Å². The Bertz CT molecular complexity index is 1260. The van der Waals surface area contributed by atoms with Crippen LogP contribution < -0.4 is 0 Å². The van der Waals surface area contributed by atoms with Crippen LogP contribution >= 0.6 is 0 Å². The average Bonchev–Trinajstić information content (AvgIpc) is 2.91. The summed E-state index contributed by atoms with van der Waals surface area (Å²) in [5.74, 6) is -4.19. The van der Waals surface area contributed by atoms with Gasteiger partial charge in [0.1, 0.15) is 0 Å². The molecule has 4 aliphatic rings. The number of alkyl halides is 2. The molecule has 2 unspecified atom stereocenters. The molecule has 0 saturated heterocycles. The van der Waals surface area contributed by atoms with E-state index in [0.29, 0.717) is 18.3 Å². The van der Waals surface area contributed by atoms with Gasteiger partial charge in [-0.3, -0.25) is 0 Å². The summed E-state index contributed by atoms with van der Waals surface area (Å²) in [6.07, 6.45) is 4.42. The van der Waals surface area contributed by atoms with E-state index in [1.165, 1.54) is 0 Å². The van der Waals surface area contributed by atoms with E-state index in [2.05, 4.69) is 24.3 Å². The molecule has 3 nitrogen and oxygen atoms in total. The molecule has 7 rings (SSSR count). The quantitative estimate of drug-likeness (QED) is 0.226. The minimum atomic E-state index is -3.58. The Balaban J connectivity index is 1.16. The van der Waals surface area contributed by atoms with E-state index in [-0.39, 0.29) is 18.4 Å². The molecule has 0 aromatic heterocycles. The van der Waals surface area contributed by atoms with Crippen molar-refractivity contribution in [2.24, 2.45) is 17.3 Å². The third-order valence-corrected chi connectivity index (χ3v) is 11.1. The lowest BCUT2D eigenvalue weighted by molar-refractivity contribution is -0.199. The lowest BCUT2D eigenvalue weighted by atomic mass is 9.48. The molecule has 4 bridgehead atoms. The summed E-state index contributed by atoms with van der Waals surface area (Å²) in [7, 11) is -0.464. The van der Waals surface area contributed by atoms with E-state index >= 15 is 8.78 Å². The molecule has 39 heavy (non-hydrogen) atoms. The zero-order valence-electron chi connectivity index (χ0n) is 22.0. The maximum atomic E-state index is 15.2. The summed E-state index contributed by atoms with van der Waals surface area (Å²) in [4.78, 5) is 15.9. The standard InChI is InChI=1S/C33H35F2O3S/c34-33(35,30(36)38-23-31-18-24-17-25(19-31)21-32(37,20-24)22-31)16-15-26-9-7-8-14-29(26)39(27-10-3-1-4-11-27)28-12-5-2-6-13-28/h1-14,24-25,37H,15-23H2/q+1. The van der Waals surface area contributed by atoms with Gasteiger partial charge in [-0.1, -0.05) is 54.6 Å². The topological polar surface area (TPSA) is 46.5 Å². The van der Waals surface area contributed by atoms with Gasteiger partial charge in [0.05, 0.1) is 23.1 Å². The highest BCUT2D eigenvalue weighted by atomic mass is 32.2. The molecule has 3 aromatic rings. The molecular weight excluding hydrogens is 514 g/mol. The first-order chi connectivity index (χ1) is 18.7. The van der Waals surface area contributed by atoms with Crippen molar-refractivity contribution in [1.29, 1.82) is 0 Å². The van der Waals surface area contributed by atoms with Gasteiger partial charge >= 0.3 is 11.9 Å². The highest BCUT2D eigenvalue weighted by Gasteiger charge is 2.58. The van der Waals surface area contributed by atoms with E-state index in [1.807, 2.05) is 60.7 Å². The van der Waals surface area contributed by atoms with Crippen LogP contribution in [0.2, 0.25) is 0 Å². The number of carbonyl (C=O) groups is 1. The highest BCUT2D eigenvalue weighted by Crippen LogP contribution is 2.61. The van der Waals surface area contributed by atoms with Crippen LogP contribution in [-0.4, -0.2) is 29.2 Å². The number of benzene rings is 3. The third kappa shape index (κ3) is 5.51. The molecule has 0 amide bonds. The maximum Gasteiger partial charge on any atom is 0.377 e. The van der Waals surface area contributed by atoms with Crippen LogP contribution in [0.25, 0.3) is 0 Å². The number of aryl methyl sites for hydroxylation is 1. The van der Waals surface area contributed by atoms with Gasteiger partial charge in [-0.15, -0.1) is 0 Å². The molecule has 0 radical (unpaired) electrons. The van der Waals surface area contributed by atoms with Crippen LogP contribution in [0.4, 0.5) is 8.78 Å². The lowest BCUT2D eigenvalue weighted by Gasteiger charge is -2.59. The molecular formula is C33H35F2O3S+. The molecule has 0 spiro atoms. The normalized spacial score (nSPS) is 27.6. The largest absolute Gasteiger partial charge is 0.461 e. The smallest absolute Gasteiger partial charge is 0.377 e. The Hall–Kier alpha value is -2.70. The Kier molecular flexibility index (Phi) is 7.05. The second-order valence-electron chi connectivity index (χ2n) is 12.0. The van der Waals surface area contributed by atoms with Crippen molar-refractivity contribution in [3.63, 3.8) is 0 Å². The van der Waals surface area contributed by atoms with Crippen LogP contribution in [0.15, 0.2) is 99.6 Å². The van der Waals surface area contributed by atoms with E-state index in [9.17, 15) is 9.90 Å². The minimum Gasteiger partial charge on any atom is -0.461 e. The molecule has 4 fully saturated rings. The third-order valence-electron chi connectivity index (χ3n) is 8.82. The number of hydrogen-bond donors (Lipinski definition) is 1. The van der Waals surface area contributed by atoms with E-state index < -0.39 is 34.8 Å². The van der Waals surface area contributed by atoms with Crippen molar-refractivity contribution in [2.45, 2.75) is 77.6 Å². The monoisotopic (exact) mass is 549 g/mol. The number of carbonyl (C=O) groups excluding carboxylic acids is 1. The molecule has 0 heterocycles. The van der Waals surface area contributed by atoms with Crippen LogP contribution in [-0.2, 0) is 26.8 Å². The van der Waals surface area contributed by atoms with Gasteiger partial charge in [-0.25, -0.2) is 4.79 Å². The van der Waals surface area contributed by atoms with Gasteiger partial charge in [0.25, 0.3) is 0 Å². The highest BCUT2D eigenvalue weighted by molar-refractivity contribution is 7.97. The van der Waals surface area contributed by atoms with E-state index in [4.69, 9.17) is 4.74 Å². The molecule has 204 valence electrons. The fourth-order valence-electron chi connectivity index (χ4n) is 7.70. The number of rotatable bonds is 9. The first-order valence-electron chi connectivity index (χ1n) is 13.9. The molecule has 4 aliphatic carbocycles. The molecule has 2 atom stereocenters. The summed E-state index contributed by atoms with van der Waals surface area (Å²) in [5, 5.41) is 11.0. The van der Waals surface area contributed by atoms with Gasteiger partial charge in [0, 0.05) is 17.4 Å². The molecule has 0 aliphatic heterocycles. The van der Waals surface area contributed by atoms with Crippen molar-refractivity contribution in [3.05, 3.63) is 90.5 Å². The summed E-state index contributed by atoms with van der Waals surface area (Å²) in [6.45, 7) is -0.0151. The van der Waals surface area contributed by atoms with Crippen LogP contribution in [0.1, 0.15) is 50.5 Å². The Morgan fingerprint density at radius 2 is 1.44 bits per heavy atom. The van der Waals surface area contributed by atoms with Crippen molar-refractivity contribution in [3.8, 4) is 0 Å². The van der Waals surface area contributed by atoms with Gasteiger partial charge in [-0.2, -0.15) is 8.78 Å². The number of halogens is 2. The van der Waals surface area contributed by atoms with Gasteiger partial charge in [0.2, 0.25) is 0 Å². The number of ether oxygens (including phenoxy) is 1. The van der Waals surface area contributed by atoms with E-state index in [0.717, 1.165) is 52.4 Å². The Morgan fingerprint density at radius 3 is 2.03 bits per heavy atom. The number of esters is 1. The van der Waals surface area contributed by atoms with Crippen molar-refractivity contribution in [1.82, 2.24) is 0 Å². The minimum absolute atomic E-state index is 0.0151. The number of aliphatic hydroxyl groups is 1. The molecule has 6 heteroatoms. The first kappa shape index (κ1) is 26.5. The fourth-order valence-corrected chi connectivity index (χ4v) is 9.99. The first-order valence-corrected chi connectivity index (χ1v) is 15.2. The van der Waals surface area contributed by atoms with Crippen LogP contribution in [0.3, 0.4) is 0 Å². The average molecular weight is 550 g/mol. The van der Waals surface area contributed by atoms with Gasteiger partial charge < -0.3 is 9.84 Å². The zero-order valence-corrected chi connectivity index (χ0v) is 22.8. The second kappa shape index (κ2) is 10.4. The van der Waals surface area contributed by atoms with Gasteiger partial charge in [-0.05, 0) is 87.1 Å². The summed E-state index contributed by atoms with van der Waals surface area (Å²) < 4.78 is 35.7. The molecule has 1 N–H and O–H groups in total. The molecule has 3 aromatic carbocycles. The Labute approximate surface area is 231 Å². The van der Waals surface area contributed by atoms with Crippen molar-refractivity contribution < 1.29 is 23.4 Å².